The summed E-state index contributed by atoms with van der Waals surface area (Å²) >= 11 is 0. The van der Waals surface area contributed by atoms with Gasteiger partial charge in [0.25, 0.3) is 0 Å². The minimum absolute atomic E-state index is 0.134. The molecule has 1 aromatic heterocycles. The van der Waals surface area contributed by atoms with Gasteiger partial charge in [0.1, 0.15) is 0 Å². The summed E-state index contributed by atoms with van der Waals surface area (Å²) in [5.74, 6) is 0. The van der Waals surface area contributed by atoms with Crippen LogP contribution in [-0.2, 0) is 14.7 Å². The molecule has 2 aromatic rings. The van der Waals surface area contributed by atoms with Crippen LogP contribution in [0.15, 0.2) is 36.7 Å². The molecule has 1 saturated heterocycles. The number of hydrogen-bond acceptors (Lipinski definition) is 4. The third kappa shape index (κ3) is 3.49. The van der Waals surface area contributed by atoms with Crippen molar-refractivity contribution in [2.24, 2.45) is 0 Å². The summed E-state index contributed by atoms with van der Waals surface area (Å²) in [5, 5.41) is 0. The SMILES string of the molecule is CC(C)(C)c1ccc(-c2cncc(B3OC(C)(C)C(C)(C)O3)n2)cc1. The van der Waals surface area contributed by atoms with Crippen LogP contribution in [0.25, 0.3) is 11.3 Å². The van der Waals surface area contributed by atoms with E-state index >= 15 is 0 Å². The maximum atomic E-state index is 6.08. The fourth-order valence-electron chi connectivity index (χ4n) is 2.74. The maximum Gasteiger partial charge on any atom is 0.516 e. The summed E-state index contributed by atoms with van der Waals surface area (Å²) in [6, 6.07) is 8.49. The van der Waals surface area contributed by atoms with Crippen LogP contribution in [0.2, 0.25) is 0 Å². The molecule has 2 heterocycles. The molecule has 25 heavy (non-hydrogen) atoms. The van der Waals surface area contributed by atoms with Gasteiger partial charge >= 0.3 is 7.12 Å². The van der Waals surface area contributed by atoms with Crippen molar-refractivity contribution in [1.82, 2.24) is 9.97 Å². The molecule has 0 atom stereocenters. The van der Waals surface area contributed by atoms with E-state index in [9.17, 15) is 0 Å². The third-order valence-corrected chi connectivity index (χ3v) is 5.19. The highest BCUT2D eigenvalue weighted by atomic mass is 16.7. The lowest BCUT2D eigenvalue weighted by Crippen LogP contribution is -2.41. The molecule has 0 bridgehead atoms. The Bertz CT molecular complexity index is 748. The Morgan fingerprint density at radius 2 is 1.44 bits per heavy atom. The summed E-state index contributed by atoms with van der Waals surface area (Å²) < 4.78 is 12.2. The predicted molar refractivity (Wildman–Crippen MR) is 102 cm³/mol. The molecule has 0 aliphatic carbocycles. The molecule has 1 fully saturated rings. The molecule has 0 radical (unpaired) electrons. The second-order valence-electron chi connectivity index (χ2n) is 8.74. The second-order valence-corrected chi connectivity index (χ2v) is 8.74. The van der Waals surface area contributed by atoms with Crippen molar-refractivity contribution in [2.75, 3.05) is 0 Å². The molecule has 132 valence electrons. The van der Waals surface area contributed by atoms with E-state index in [0.717, 1.165) is 11.3 Å². The number of rotatable bonds is 2. The van der Waals surface area contributed by atoms with E-state index in [-0.39, 0.29) is 16.6 Å². The van der Waals surface area contributed by atoms with Gasteiger partial charge in [-0.1, -0.05) is 45.0 Å². The highest BCUT2D eigenvalue weighted by molar-refractivity contribution is 6.61. The van der Waals surface area contributed by atoms with Crippen molar-refractivity contribution in [2.45, 2.75) is 65.1 Å². The molecule has 5 heteroatoms. The summed E-state index contributed by atoms with van der Waals surface area (Å²) in [5.41, 5.74) is 3.23. The van der Waals surface area contributed by atoms with E-state index in [1.807, 2.05) is 27.7 Å². The number of aromatic nitrogens is 2. The van der Waals surface area contributed by atoms with Crippen molar-refractivity contribution in [1.29, 1.82) is 0 Å². The van der Waals surface area contributed by atoms with E-state index in [1.54, 1.807) is 12.4 Å². The van der Waals surface area contributed by atoms with Gasteiger partial charge in [0.05, 0.1) is 28.7 Å². The van der Waals surface area contributed by atoms with Crippen LogP contribution in [0, 0.1) is 0 Å². The minimum Gasteiger partial charge on any atom is -0.398 e. The van der Waals surface area contributed by atoms with E-state index in [4.69, 9.17) is 14.3 Å². The molecular weight excluding hydrogens is 311 g/mol. The topological polar surface area (TPSA) is 44.2 Å². The highest BCUT2D eigenvalue weighted by Crippen LogP contribution is 2.36. The maximum absolute atomic E-state index is 6.08. The van der Waals surface area contributed by atoms with Crippen molar-refractivity contribution in [3.05, 3.63) is 42.2 Å². The molecule has 0 saturated carbocycles. The van der Waals surface area contributed by atoms with Crippen LogP contribution in [0.4, 0.5) is 0 Å². The Balaban J connectivity index is 1.88. The van der Waals surface area contributed by atoms with Crippen LogP contribution >= 0.6 is 0 Å². The lowest BCUT2D eigenvalue weighted by molar-refractivity contribution is 0.00578. The van der Waals surface area contributed by atoms with Gasteiger partial charge < -0.3 is 9.31 Å². The van der Waals surface area contributed by atoms with E-state index in [0.29, 0.717) is 5.59 Å². The third-order valence-electron chi connectivity index (χ3n) is 5.19. The standard InChI is InChI=1S/C20H27BN2O2/c1-18(2,3)15-10-8-14(9-11-15)16-12-22-13-17(23-16)21-24-19(4,5)20(6,7)25-21/h8-13H,1-7H3. The first kappa shape index (κ1) is 18.1. The van der Waals surface area contributed by atoms with Gasteiger partial charge in [-0.2, -0.15) is 0 Å². The van der Waals surface area contributed by atoms with Gasteiger partial charge in [-0.05, 0) is 38.7 Å². The van der Waals surface area contributed by atoms with Crippen molar-refractivity contribution in [3.63, 3.8) is 0 Å². The Labute approximate surface area is 151 Å². The molecular formula is C20H27BN2O2. The molecule has 1 aliphatic rings. The summed E-state index contributed by atoms with van der Waals surface area (Å²) in [4.78, 5) is 9.09. The zero-order chi connectivity index (χ0) is 18.5. The smallest absolute Gasteiger partial charge is 0.398 e. The highest BCUT2D eigenvalue weighted by Gasteiger charge is 2.52. The van der Waals surface area contributed by atoms with Crippen LogP contribution < -0.4 is 5.59 Å². The molecule has 1 aliphatic heterocycles. The molecule has 0 unspecified atom stereocenters. The zero-order valence-electron chi connectivity index (χ0n) is 16.3. The summed E-state index contributed by atoms with van der Waals surface area (Å²) in [6.45, 7) is 14.8. The predicted octanol–water partition coefficient (Wildman–Crippen LogP) is 3.74. The first-order valence-corrected chi connectivity index (χ1v) is 8.78. The molecule has 1 aromatic carbocycles. The quantitative estimate of drug-likeness (QED) is 0.783. The van der Waals surface area contributed by atoms with Gasteiger partial charge in [-0.3, -0.25) is 9.97 Å². The zero-order valence-corrected chi connectivity index (χ0v) is 16.3. The minimum atomic E-state index is -0.494. The number of benzene rings is 1. The van der Waals surface area contributed by atoms with Crippen molar-refractivity contribution >= 4 is 12.7 Å². The molecule has 0 N–H and O–H groups in total. The van der Waals surface area contributed by atoms with Crippen molar-refractivity contribution < 1.29 is 9.31 Å². The monoisotopic (exact) mass is 338 g/mol. The number of nitrogens with zero attached hydrogens (tertiary/aromatic N) is 2. The Morgan fingerprint density at radius 3 is 1.96 bits per heavy atom. The summed E-state index contributed by atoms with van der Waals surface area (Å²) in [6.07, 6.45) is 3.50. The Hall–Kier alpha value is -1.72. The lowest BCUT2D eigenvalue weighted by atomic mass is 9.85. The molecule has 0 amide bonds. The van der Waals surface area contributed by atoms with Crippen LogP contribution in [-0.4, -0.2) is 28.3 Å². The van der Waals surface area contributed by atoms with Gasteiger partial charge in [0.15, 0.2) is 0 Å². The first-order valence-electron chi connectivity index (χ1n) is 8.78. The van der Waals surface area contributed by atoms with Crippen molar-refractivity contribution in [3.8, 4) is 11.3 Å². The van der Waals surface area contributed by atoms with Gasteiger partial charge in [0, 0.05) is 11.8 Å². The normalized spacial score (nSPS) is 19.2. The van der Waals surface area contributed by atoms with E-state index < -0.39 is 7.12 Å². The average molecular weight is 338 g/mol. The average Bonchev–Trinajstić information content (AvgIpc) is 2.75. The van der Waals surface area contributed by atoms with Gasteiger partial charge in [-0.15, -0.1) is 0 Å². The Morgan fingerprint density at radius 1 is 0.880 bits per heavy atom. The van der Waals surface area contributed by atoms with E-state index in [1.165, 1.54) is 5.56 Å². The van der Waals surface area contributed by atoms with Crippen LogP contribution in [0.5, 0.6) is 0 Å². The Kier molecular flexibility index (Phi) is 4.29. The summed E-state index contributed by atoms with van der Waals surface area (Å²) in [7, 11) is -0.494. The van der Waals surface area contributed by atoms with Gasteiger partial charge in [0.2, 0.25) is 0 Å². The first-order chi connectivity index (χ1) is 11.5. The van der Waals surface area contributed by atoms with Gasteiger partial charge in [-0.25, -0.2) is 0 Å². The lowest BCUT2D eigenvalue weighted by Gasteiger charge is -2.32. The fourth-order valence-corrected chi connectivity index (χ4v) is 2.74. The van der Waals surface area contributed by atoms with Crippen LogP contribution in [0.3, 0.4) is 0 Å². The molecule has 3 rings (SSSR count). The second kappa shape index (κ2) is 5.92. The molecule has 0 spiro atoms. The number of hydrogen-bond donors (Lipinski definition) is 0. The molecule has 4 nitrogen and oxygen atoms in total. The van der Waals surface area contributed by atoms with Crippen LogP contribution in [0.1, 0.15) is 54.0 Å². The largest absolute Gasteiger partial charge is 0.516 e. The van der Waals surface area contributed by atoms with E-state index in [2.05, 4.69) is 50.0 Å². The fraction of sp³-hybridized carbons (Fsp3) is 0.500.